The largest absolute Gasteiger partial charge is 0.306 e. The number of benzene rings is 1. The lowest BCUT2D eigenvalue weighted by atomic mass is 10.1. The Bertz CT molecular complexity index is 873. The molecule has 3 rings (SSSR count). The van der Waals surface area contributed by atoms with Gasteiger partial charge in [-0.25, -0.2) is 4.68 Å². The summed E-state index contributed by atoms with van der Waals surface area (Å²) in [5.74, 6) is 1.81. The number of nitrogens with zero attached hydrogens (tertiary/aromatic N) is 3. The van der Waals surface area contributed by atoms with E-state index in [2.05, 4.69) is 10.4 Å². The smallest absolute Gasteiger partial charge is 0.288 e. The summed E-state index contributed by atoms with van der Waals surface area (Å²) in [5.41, 5.74) is 1.56. The van der Waals surface area contributed by atoms with Crippen LogP contribution in [0.1, 0.15) is 42.4 Å². The molecule has 2 aromatic rings. The zero-order chi connectivity index (χ0) is 18.4. The maximum atomic E-state index is 12.7. The van der Waals surface area contributed by atoms with E-state index in [1.54, 1.807) is 16.4 Å². The van der Waals surface area contributed by atoms with Gasteiger partial charge in [0.1, 0.15) is 10.8 Å². The van der Waals surface area contributed by atoms with Crippen molar-refractivity contribution in [3.05, 3.63) is 50.2 Å². The molecule has 7 nitrogen and oxygen atoms in total. The lowest BCUT2D eigenvalue weighted by Crippen LogP contribution is -2.27. The summed E-state index contributed by atoms with van der Waals surface area (Å²) in [6.45, 7) is 6.02. The van der Waals surface area contributed by atoms with Crippen molar-refractivity contribution in [1.82, 2.24) is 9.78 Å². The van der Waals surface area contributed by atoms with Crippen LogP contribution in [0.4, 0.5) is 11.5 Å². The highest BCUT2D eigenvalue weighted by molar-refractivity contribution is 7.98. The SMILES string of the molecule is CC(C)(C)n1nc2c(c1NC(=O)c1ccc(Cl)c([N+](=O)[O-])c1)CSC2. The van der Waals surface area contributed by atoms with Crippen LogP contribution in [0.3, 0.4) is 0 Å². The van der Waals surface area contributed by atoms with Crippen molar-refractivity contribution in [3.8, 4) is 0 Å². The zero-order valence-electron chi connectivity index (χ0n) is 14.0. The molecule has 0 saturated carbocycles. The Balaban J connectivity index is 1.97. The average Bonchev–Trinajstić information content (AvgIpc) is 3.09. The Hall–Kier alpha value is -2.06. The Morgan fingerprint density at radius 1 is 1.40 bits per heavy atom. The van der Waals surface area contributed by atoms with Crippen LogP contribution in [0, 0.1) is 10.1 Å². The predicted octanol–water partition coefficient (Wildman–Crippen LogP) is 4.20. The fourth-order valence-electron chi connectivity index (χ4n) is 2.60. The fraction of sp³-hybridized carbons (Fsp3) is 0.375. The highest BCUT2D eigenvalue weighted by Crippen LogP contribution is 2.37. The maximum Gasteiger partial charge on any atom is 0.288 e. The second-order valence-corrected chi connectivity index (χ2v) is 8.12. The van der Waals surface area contributed by atoms with Gasteiger partial charge >= 0.3 is 0 Å². The minimum Gasteiger partial charge on any atom is -0.306 e. The molecule has 1 aromatic heterocycles. The first-order chi connectivity index (χ1) is 11.7. The van der Waals surface area contributed by atoms with E-state index in [9.17, 15) is 14.9 Å². The van der Waals surface area contributed by atoms with Gasteiger partial charge in [0, 0.05) is 28.7 Å². The first kappa shape index (κ1) is 17.8. The van der Waals surface area contributed by atoms with Crippen LogP contribution in [0.25, 0.3) is 0 Å². The van der Waals surface area contributed by atoms with Crippen molar-refractivity contribution >= 4 is 40.8 Å². The number of fused-ring (bicyclic) bond motifs is 1. The number of nitrogens with one attached hydrogen (secondary N) is 1. The molecule has 1 amide bonds. The van der Waals surface area contributed by atoms with Gasteiger partial charge < -0.3 is 5.32 Å². The Labute approximate surface area is 153 Å². The molecular formula is C16H17ClN4O3S. The summed E-state index contributed by atoms with van der Waals surface area (Å²) in [5, 5.41) is 18.5. The molecule has 0 radical (unpaired) electrons. The first-order valence-electron chi connectivity index (χ1n) is 7.63. The van der Waals surface area contributed by atoms with Gasteiger partial charge in [-0.2, -0.15) is 16.9 Å². The summed E-state index contributed by atoms with van der Waals surface area (Å²) in [7, 11) is 0. The van der Waals surface area contributed by atoms with Gasteiger partial charge in [-0.1, -0.05) is 11.6 Å². The van der Waals surface area contributed by atoms with E-state index >= 15 is 0 Å². The summed E-state index contributed by atoms with van der Waals surface area (Å²) in [4.78, 5) is 23.1. The van der Waals surface area contributed by atoms with Crippen molar-refractivity contribution < 1.29 is 9.72 Å². The minimum absolute atomic E-state index is 0.00132. The summed E-state index contributed by atoms with van der Waals surface area (Å²) in [6.07, 6.45) is 0. The number of halogens is 1. The molecule has 0 unspecified atom stereocenters. The van der Waals surface area contributed by atoms with Crippen LogP contribution in [0.2, 0.25) is 5.02 Å². The van der Waals surface area contributed by atoms with Crippen molar-refractivity contribution in [3.63, 3.8) is 0 Å². The van der Waals surface area contributed by atoms with Gasteiger partial charge in [0.25, 0.3) is 11.6 Å². The highest BCUT2D eigenvalue weighted by Gasteiger charge is 2.29. The monoisotopic (exact) mass is 380 g/mol. The van der Waals surface area contributed by atoms with E-state index in [-0.39, 0.29) is 21.8 Å². The van der Waals surface area contributed by atoms with Gasteiger partial charge in [0.2, 0.25) is 0 Å². The molecule has 0 spiro atoms. The fourth-order valence-corrected chi connectivity index (χ4v) is 3.82. The van der Waals surface area contributed by atoms with Gasteiger partial charge in [0.05, 0.1) is 16.2 Å². The number of carbonyl (C=O) groups is 1. The topological polar surface area (TPSA) is 90.1 Å². The van der Waals surface area contributed by atoms with Crippen molar-refractivity contribution in [2.24, 2.45) is 0 Å². The van der Waals surface area contributed by atoms with Crippen LogP contribution in [0.15, 0.2) is 18.2 Å². The van der Waals surface area contributed by atoms with Crippen molar-refractivity contribution in [1.29, 1.82) is 0 Å². The number of hydrogen-bond donors (Lipinski definition) is 1. The molecule has 0 bridgehead atoms. The van der Waals surface area contributed by atoms with E-state index in [0.717, 1.165) is 22.8 Å². The standard InChI is InChI=1S/C16H17ClN4O3S/c1-16(2,3)20-14(10-7-25-8-12(10)19-20)18-15(22)9-4-5-11(17)13(6-9)21(23)24/h4-6H,7-8H2,1-3H3,(H,18,22). The predicted molar refractivity (Wildman–Crippen MR) is 98.3 cm³/mol. The molecule has 9 heteroatoms. The number of rotatable bonds is 3. The van der Waals surface area contributed by atoms with Crippen molar-refractivity contribution in [2.45, 2.75) is 37.8 Å². The van der Waals surface area contributed by atoms with Gasteiger partial charge in [-0.15, -0.1) is 0 Å². The van der Waals surface area contributed by atoms with Gasteiger partial charge in [0.15, 0.2) is 0 Å². The number of aromatic nitrogens is 2. The zero-order valence-corrected chi connectivity index (χ0v) is 15.6. The number of thioether (sulfide) groups is 1. The Morgan fingerprint density at radius 2 is 2.12 bits per heavy atom. The minimum atomic E-state index is -0.604. The Kier molecular flexibility index (Phi) is 4.51. The summed E-state index contributed by atoms with van der Waals surface area (Å²) < 4.78 is 1.81. The molecule has 0 atom stereocenters. The van der Waals surface area contributed by atoms with Gasteiger partial charge in [-0.3, -0.25) is 14.9 Å². The van der Waals surface area contributed by atoms with Crippen LogP contribution in [0.5, 0.6) is 0 Å². The number of nitro benzene ring substituents is 1. The lowest BCUT2D eigenvalue weighted by molar-refractivity contribution is -0.384. The third-order valence-electron chi connectivity index (χ3n) is 3.82. The second-order valence-electron chi connectivity index (χ2n) is 6.73. The van der Waals surface area contributed by atoms with Crippen LogP contribution in [-0.4, -0.2) is 20.6 Å². The van der Waals surface area contributed by atoms with E-state index < -0.39 is 10.8 Å². The van der Waals surface area contributed by atoms with Gasteiger partial charge in [-0.05, 0) is 32.9 Å². The molecule has 25 heavy (non-hydrogen) atoms. The third kappa shape index (κ3) is 3.36. The Morgan fingerprint density at radius 3 is 2.76 bits per heavy atom. The van der Waals surface area contributed by atoms with E-state index in [1.807, 2.05) is 20.8 Å². The highest BCUT2D eigenvalue weighted by atomic mass is 35.5. The molecule has 132 valence electrons. The normalized spacial score (nSPS) is 13.6. The molecule has 2 heterocycles. The first-order valence-corrected chi connectivity index (χ1v) is 9.16. The number of amides is 1. The number of anilines is 1. The summed E-state index contributed by atoms with van der Waals surface area (Å²) >= 11 is 7.55. The molecular weight excluding hydrogens is 364 g/mol. The molecule has 1 aliphatic heterocycles. The van der Waals surface area contributed by atoms with E-state index in [0.29, 0.717) is 5.82 Å². The van der Waals surface area contributed by atoms with E-state index in [1.165, 1.54) is 18.2 Å². The number of carbonyl (C=O) groups excluding carboxylic acids is 1. The van der Waals surface area contributed by atoms with E-state index in [4.69, 9.17) is 11.6 Å². The quantitative estimate of drug-likeness (QED) is 0.636. The maximum absolute atomic E-state index is 12.7. The van der Waals surface area contributed by atoms with Crippen LogP contribution in [-0.2, 0) is 17.0 Å². The van der Waals surface area contributed by atoms with Crippen molar-refractivity contribution in [2.75, 3.05) is 5.32 Å². The molecule has 1 N–H and O–H groups in total. The summed E-state index contributed by atoms with van der Waals surface area (Å²) in [6, 6.07) is 4.01. The molecule has 0 aliphatic carbocycles. The third-order valence-corrected chi connectivity index (χ3v) is 5.11. The molecule has 1 aromatic carbocycles. The van der Waals surface area contributed by atoms with Crippen LogP contribution >= 0.6 is 23.4 Å². The number of nitro groups is 1. The molecule has 1 aliphatic rings. The second kappa shape index (κ2) is 6.34. The average molecular weight is 381 g/mol. The molecule has 0 fully saturated rings. The lowest BCUT2D eigenvalue weighted by Gasteiger charge is -2.23. The number of hydrogen-bond acceptors (Lipinski definition) is 5. The molecule has 0 saturated heterocycles. The van der Waals surface area contributed by atoms with Crippen LogP contribution < -0.4 is 5.32 Å².